The molecule has 0 saturated carbocycles. The van der Waals surface area contributed by atoms with Gasteiger partial charge in [0.2, 0.25) is 5.43 Å². The molecule has 0 saturated heterocycles. The van der Waals surface area contributed by atoms with Crippen molar-refractivity contribution < 1.29 is 14.3 Å². The number of carbonyl (C=O) groups is 1. The maximum absolute atomic E-state index is 13.0. The van der Waals surface area contributed by atoms with Gasteiger partial charge in [-0.1, -0.05) is 12.1 Å². The molecule has 0 atom stereocenters. The van der Waals surface area contributed by atoms with Gasteiger partial charge in [-0.15, -0.1) is 0 Å². The number of rotatable bonds is 3. The van der Waals surface area contributed by atoms with Crippen molar-refractivity contribution in [3.8, 4) is 5.75 Å². The molecule has 3 rings (SSSR count). The van der Waals surface area contributed by atoms with E-state index in [4.69, 9.17) is 0 Å². The number of pyridine rings is 1. The SMILES string of the molecule is CN(C)c1cc(=O)c(O)c2n1CCN(Cc1ccc(F)cc1)C2=O. The van der Waals surface area contributed by atoms with E-state index < -0.39 is 17.1 Å². The predicted octanol–water partition coefficient (Wildman–Crippen LogP) is 1.41. The van der Waals surface area contributed by atoms with Gasteiger partial charge in [0, 0.05) is 39.8 Å². The van der Waals surface area contributed by atoms with Crippen molar-refractivity contribution in [3.63, 3.8) is 0 Å². The summed E-state index contributed by atoms with van der Waals surface area (Å²) in [7, 11) is 3.54. The van der Waals surface area contributed by atoms with Crippen molar-refractivity contribution in [1.82, 2.24) is 9.47 Å². The third-order valence-corrected chi connectivity index (χ3v) is 4.09. The molecule has 1 aromatic heterocycles. The zero-order valence-electron chi connectivity index (χ0n) is 13.5. The minimum Gasteiger partial charge on any atom is -0.503 e. The van der Waals surface area contributed by atoms with Crippen LogP contribution in [0.4, 0.5) is 10.2 Å². The summed E-state index contributed by atoms with van der Waals surface area (Å²) in [4.78, 5) is 28.0. The van der Waals surface area contributed by atoms with Crippen molar-refractivity contribution in [2.45, 2.75) is 13.1 Å². The minimum absolute atomic E-state index is 0.000406. The molecule has 1 aromatic carbocycles. The Morgan fingerprint density at radius 3 is 2.46 bits per heavy atom. The fourth-order valence-electron chi connectivity index (χ4n) is 2.87. The van der Waals surface area contributed by atoms with Crippen LogP contribution in [0.15, 0.2) is 35.1 Å². The van der Waals surface area contributed by atoms with Gasteiger partial charge in [-0.2, -0.15) is 0 Å². The van der Waals surface area contributed by atoms with Crippen LogP contribution in [0.5, 0.6) is 5.75 Å². The molecule has 6 nitrogen and oxygen atoms in total. The lowest BCUT2D eigenvalue weighted by Crippen LogP contribution is -2.42. The maximum Gasteiger partial charge on any atom is 0.274 e. The predicted molar refractivity (Wildman–Crippen MR) is 87.8 cm³/mol. The molecule has 1 aliphatic heterocycles. The van der Waals surface area contributed by atoms with Crippen LogP contribution >= 0.6 is 0 Å². The molecular formula is C17H18FN3O3. The van der Waals surface area contributed by atoms with E-state index >= 15 is 0 Å². The van der Waals surface area contributed by atoms with E-state index in [0.717, 1.165) is 5.56 Å². The number of amides is 1. The van der Waals surface area contributed by atoms with Crippen molar-refractivity contribution in [2.24, 2.45) is 0 Å². The van der Waals surface area contributed by atoms with E-state index in [2.05, 4.69) is 0 Å². The molecule has 0 bridgehead atoms. The largest absolute Gasteiger partial charge is 0.503 e. The first-order valence-corrected chi connectivity index (χ1v) is 7.56. The Bertz CT molecular complexity index is 843. The summed E-state index contributed by atoms with van der Waals surface area (Å²) in [5.74, 6) is -0.713. The number of fused-ring (bicyclic) bond motifs is 1. The van der Waals surface area contributed by atoms with Gasteiger partial charge < -0.3 is 19.5 Å². The highest BCUT2D eigenvalue weighted by Gasteiger charge is 2.30. The van der Waals surface area contributed by atoms with Gasteiger partial charge >= 0.3 is 0 Å². The average molecular weight is 331 g/mol. The number of aromatic nitrogens is 1. The second-order valence-corrected chi connectivity index (χ2v) is 5.96. The molecule has 1 aliphatic rings. The Morgan fingerprint density at radius 1 is 1.17 bits per heavy atom. The van der Waals surface area contributed by atoms with E-state index in [1.165, 1.54) is 18.2 Å². The van der Waals surface area contributed by atoms with Crippen LogP contribution in [0.2, 0.25) is 0 Å². The normalized spacial score (nSPS) is 13.8. The number of anilines is 1. The van der Waals surface area contributed by atoms with Crippen LogP contribution in [-0.4, -0.2) is 41.1 Å². The van der Waals surface area contributed by atoms with Gasteiger partial charge in [-0.05, 0) is 17.7 Å². The standard InChI is InChI=1S/C17H18FN3O3/c1-19(2)14-9-13(22)16(23)15-17(24)20(7-8-21(14)15)10-11-3-5-12(18)6-4-11/h3-6,9,23H,7-8,10H2,1-2H3. The molecule has 126 valence electrons. The van der Waals surface area contributed by atoms with Crippen LogP contribution in [-0.2, 0) is 13.1 Å². The van der Waals surface area contributed by atoms with Crippen LogP contribution in [0, 0.1) is 5.82 Å². The Morgan fingerprint density at radius 2 is 1.83 bits per heavy atom. The van der Waals surface area contributed by atoms with Gasteiger partial charge in [-0.25, -0.2) is 4.39 Å². The molecule has 24 heavy (non-hydrogen) atoms. The number of benzene rings is 1. The Balaban J connectivity index is 1.98. The van der Waals surface area contributed by atoms with E-state index in [9.17, 15) is 19.1 Å². The molecule has 0 spiro atoms. The van der Waals surface area contributed by atoms with Crippen LogP contribution in [0.3, 0.4) is 0 Å². The van der Waals surface area contributed by atoms with Crippen molar-refractivity contribution in [3.05, 3.63) is 57.6 Å². The quantitative estimate of drug-likeness (QED) is 0.924. The van der Waals surface area contributed by atoms with Crippen molar-refractivity contribution in [2.75, 3.05) is 25.5 Å². The van der Waals surface area contributed by atoms with Gasteiger partial charge in [0.1, 0.15) is 11.6 Å². The summed E-state index contributed by atoms with van der Waals surface area (Å²) >= 11 is 0. The molecule has 1 N–H and O–H groups in total. The van der Waals surface area contributed by atoms with Crippen LogP contribution < -0.4 is 10.3 Å². The summed E-state index contributed by atoms with van der Waals surface area (Å²) in [6.45, 7) is 1.19. The molecule has 2 aromatic rings. The number of hydrogen-bond donors (Lipinski definition) is 1. The summed E-state index contributed by atoms with van der Waals surface area (Å²) < 4.78 is 14.7. The molecule has 0 radical (unpaired) electrons. The first kappa shape index (κ1) is 16.0. The van der Waals surface area contributed by atoms with Gasteiger partial charge in [-0.3, -0.25) is 9.59 Å². The Hall–Kier alpha value is -2.83. The lowest BCUT2D eigenvalue weighted by atomic mass is 10.1. The second-order valence-electron chi connectivity index (χ2n) is 5.96. The summed E-state index contributed by atoms with van der Waals surface area (Å²) in [6.07, 6.45) is 0. The smallest absolute Gasteiger partial charge is 0.274 e. The highest BCUT2D eigenvalue weighted by molar-refractivity contribution is 5.96. The lowest BCUT2D eigenvalue weighted by Gasteiger charge is -2.33. The van der Waals surface area contributed by atoms with E-state index in [1.807, 2.05) is 0 Å². The van der Waals surface area contributed by atoms with Gasteiger partial charge in [0.05, 0.1) is 0 Å². The minimum atomic E-state index is -0.582. The average Bonchev–Trinajstić information content (AvgIpc) is 2.54. The zero-order chi connectivity index (χ0) is 17.4. The second kappa shape index (κ2) is 5.99. The van der Waals surface area contributed by atoms with E-state index in [-0.39, 0.29) is 11.5 Å². The van der Waals surface area contributed by atoms with Gasteiger partial charge in [0.15, 0.2) is 11.4 Å². The molecule has 0 aliphatic carbocycles. The first-order valence-electron chi connectivity index (χ1n) is 7.56. The maximum atomic E-state index is 13.0. The third-order valence-electron chi connectivity index (χ3n) is 4.09. The highest BCUT2D eigenvalue weighted by Crippen LogP contribution is 2.25. The lowest BCUT2D eigenvalue weighted by molar-refractivity contribution is 0.0684. The zero-order valence-corrected chi connectivity index (χ0v) is 13.5. The van der Waals surface area contributed by atoms with Crippen molar-refractivity contribution >= 4 is 11.7 Å². The summed E-state index contributed by atoms with van der Waals surface area (Å²) in [5.41, 5.74) is 0.199. The molecule has 2 heterocycles. The summed E-state index contributed by atoms with van der Waals surface area (Å²) in [6, 6.07) is 7.22. The number of aromatic hydroxyl groups is 1. The molecule has 0 unspecified atom stereocenters. The first-order chi connectivity index (χ1) is 11.4. The number of nitrogens with zero attached hydrogens (tertiary/aromatic N) is 3. The summed E-state index contributed by atoms with van der Waals surface area (Å²) in [5, 5.41) is 10.1. The number of hydrogen-bond acceptors (Lipinski definition) is 4. The fraction of sp³-hybridized carbons (Fsp3) is 0.294. The topological polar surface area (TPSA) is 65.8 Å². The van der Waals surface area contributed by atoms with Crippen LogP contribution in [0.1, 0.15) is 16.1 Å². The number of carbonyl (C=O) groups excluding carboxylic acids is 1. The van der Waals surface area contributed by atoms with E-state index in [1.54, 1.807) is 40.6 Å². The van der Waals surface area contributed by atoms with E-state index in [0.29, 0.717) is 25.5 Å². The Kier molecular flexibility index (Phi) is 4.01. The third kappa shape index (κ3) is 2.73. The number of halogens is 1. The monoisotopic (exact) mass is 331 g/mol. The molecule has 0 fully saturated rings. The molecule has 7 heteroatoms. The highest BCUT2D eigenvalue weighted by atomic mass is 19.1. The molecular weight excluding hydrogens is 313 g/mol. The van der Waals surface area contributed by atoms with Crippen molar-refractivity contribution in [1.29, 1.82) is 0 Å². The fourth-order valence-corrected chi connectivity index (χ4v) is 2.87. The Labute approximate surface area is 138 Å². The van der Waals surface area contributed by atoms with Crippen LogP contribution in [0.25, 0.3) is 0 Å². The molecule has 1 amide bonds. The van der Waals surface area contributed by atoms with Gasteiger partial charge in [0.25, 0.3) is 5.91 Å².